The lowest BCUT2D eigenvalue weighted by atomic mass is 9.74. The number of nitrogens with two attached hydrogens (primary N) is 1. The van der Waals surface area contributed by atoms with Gasteiger partial charge in [0.05, 0.1) is 10.4 Å². The Kier molecular flexibility index (Phi) is 3.47. The number of halogens is 1. The third-order valence-corrected chi connectivity index (χ3v) is 5.70. The third-order valence-electron chi connectivity index (χ3n) is 4.30. The topological polar surface area (TPSA) is 30.9 Å². The lowest BCUT2D eigenvalue weighted by molar-refractivity contribution is 0.274. The number of thiophene rings is 1. The van der Waals surface area contributed by atoms with Crippen molar-refractivity contribution in [2.75, 3.05) is 0 Å². The summed E-state index contributed by atoms with van der Waals surface area (Å²) in [6.07, 6.45) is 4.33. The predicted octanol–water partition coefficient (Wildman–Crippen LogP) is 4.78. The van der Waals surface area contributed by atoms with Gasteiger partial charge < -0.3 is 10.3 Å². The van der Waals surface area contributed by atoms with E-state index in [9.17, 15) is 0 Å². The predicted molar refractivity (Wildman–Crippen MR) is 86.6 cm³/mol. The molecule has 0 amide bonds. The molecule has 2 nitrogen and oxygen atoms in total. The van der Waals surface area contributed by atoms with E-state index < -0.39 is 0 Å². The summed E-state index contributed by atoms with van der Waals surface area (Å²) in [5.74, 6) is 0. The molecule has 0 saturated heterocycles. The van der Waals surface area contributed by atoms with Crippen molar-refractivity contribution in [2.24, 2.45) is 11.1 Å². The molecule has 0 bridgehead atoms. The van der Waals surface area contributed by atoms with Gasteiger partial charge in [-0.25, -0.2) is 0 Å². The first-order chi connectivity index (χ1) is 9.37. The van der Waals surface area contributed by atoms with Crippen LogP contribution in [0.15, 0.2) is 24.4 Å². The second-order valence-corrected chi connectivity index (χ2v) is 8.34. The Morgan fingerprint density at radius 2 is 2.15 bits per heavy atom. The molecule has 0 fully saturated rings. The van der Waals surface area contributed by atoms with E-state index in [1.807, 2.05) is 6.07 Å². The highest BCUT2D eigenvalue weighted by Crippen LogP contribution is 2.42. The zero-order valence-electron chi connectivity index (χ0n) is 12.2. The van der Waals surface area contributed by atoms with Crippen LogP contribution in [-0.2, 0) is 6.42 Å². The van der Waals surface area contributed by atoms with Gasteiger partial charge in [0, 0.05) is 22.8 Å². The molecule has 0 spiro atoms. The van der Waals surface area contributed by atoms with Crippen LogP contribution in [0.5, 0.6) is 0 Å². The van der Waals surface area contributed by atoms with E-state index in [0.717, 1.165) is 17.2 Å². The van der Waals surface area contributed by atoms with E-state index in [-0.39, 0.29) is 11.5 Å². The summed E-state index contributed by atoms with van der Waals surface area (Å²) in [6, 6.07) is 6.77. The lowest BCUT2D eigenvalue weighted by Gasteiger charge is -2.35. The summed E-state index contributed by atoms with van der Waals surface area (Å²) < 4.78 is 3.23. The van der Waals surface area contributed by atoms with Crippen molar-refractivity contribution in [1.82, 2.24) is 4.57 Å². The highest BCUT2D eigenvalue weighted by molar-refractivity contribution is 7.16. The summed E-state index contributed by atoms with van der Waals surface area (Å²) in [4.78, 5) is 1.30. The fourth-order valence-corrected chi connectivity index (χ4v) is 4.42. The largest absolute Gasteiger partial charge is 0.343 e. The molecule has 2 aromatic heterocycles. The molecule has 2 N–H and O–H groups in total. The summed E-state index contributed by atoms with van der Waals surface area (Å²) >= 11 is 7.73. The van der Waals surface area contributed by atoms with E-state index in [2.05, 4.69) is 43.7 Å². The first kappa shape index (κ1) is 14.2. The van der Waals surface area contributed by atoms with Crippen molar-refractivity contribution >= 4 is 22.9 Å². The van der Waals surface area contributed by atoms with Gasteiger partial charge in [-0.3, -0.25) is 0 Å². The second-order valence-electron chi connectivity index (χ2n) is 6.59. The van der Waals surface area contributed by atoms with Crippen LogP contribution in [0.25, 0.3) is 0 Å². The highest BCUT2D eigenvalue weighted by Gasteiger charge is 2.33. The van der Waals surface area contributed by atoms with E-state index in [4.69, 9.17) is 17.3 Å². The van der Waals surface area contributed by atoms with Gasteiger partial charge in [-0.1, -0.05) is 25.4 Å². The number of rotatable bonds is 2. The first-order valence-electron chi connectivity index (χ1n) is 7.08. The fraction of sp³-hybridized carbons (Fsp3) is 0.500. The minimum atomic E-state index is 0.161. The van der Waals surface area contributed by atoms with Gasteiger partial charge in [0.2, 0.25) is 0 Å². The van der Waals surface area contributed by atoms with Crippen LogP contribution in [0.4, 0.5) is 0 Å². The van der Waals surface area contributed by atoms with E-state index in [0.29, 0.717) is 6.04 Å². The molecule has 0 aliphatic heterocycles. The smallest absolute Gasteiger partial charge is 0.0932 e. The molecule has 3 rings (SSSR count). The van der Waals surface area contributed by atoms with Gasteiger partial charge in [0.15, 0.2) is 0 Å². The van der Waals surface area contributed by atoms with Gasteiger partial charge in [-0.15, -0.1) is 11.3 Å². The van der Waals surface area contributed by atoms with Crippen molar-refractivity contribution in [3.8, 4) is 0 Å². The monoisotopic (exact) mass is 308 g/mol. The first-order valence-corrected chi connectivity index (χ1v) is 8.27. The summed E-state index contributed by atoms with van der Waals surface area (Å²) in [6.45, 7) is 6.84. The molecule has 0 radical (unpaired) electrons. The summed E-state index contributed by atoms with van der Waals surface area (Å²) in [7, 11) is 0. The van der Waals surface area contributed by atoms with E-state index in [1.165, 1.54) is 16.1 Å². The molecule has 2 atom stereocenters. The molecule has 0 aromatic carbocycles. The van der Waals surface area contributed by atoms with Crippen LogP contribution in [0.1, 0.15) is 55.4 Å². The molecule has 1 aliphatic rings. The Labute approximate surface area is 129 Å². The maximum Gasteiger partial charge on any atom is 0.0932 e. The van der Waals surface area contributed by atoms with Crippen molar-refractivity contribution in [1.29, 1.82) is 0 Å². The van der Waals surface area contributed by atoms with Gasteiger partial charge in [-0.2, -0.15) is 0 Å². The Morgan fingerprint density at radius 1 is 1.40 bits per heavy atom. The average molecular weight is 309 g/mol. The SMILES string of the molecule is CC(c1ccc(Cl)s1)n1ccc2c1CC(C)(C)CC2N. The average Bonchev–Trinajstić information content (AvgIpc) is 2.93. The zero-order valence-corrected chi connectivity index (χ0v) is 13.8. The molecule has 20 heavy (non-hydrogen) atoms. The van der Waals surface area contributed by atoms with Crippen LogP contribution in [0.2, 0.25) is 4.34 Å². The standard InChI is InChI=1S/C16H21ClN2S/c1-10(14-4-5-15(17)20-14)19-7-6-11-12(18)8-16(2,3)9-13(11)19/h4-7,10,12H,8-9,18H2,1-3H3. The fourth-order valence-electron chi connectivity index (χ4n) is 3.31. The van der Waals surface area contributed by atoms with Crippen molar-refractivity contribution in [3.63, 3.8) is 0 Å². The highest BCUT2D eigenvalue weighted by atomic mass is 35.5. The van der Waals surface area contributed by atoms with Crippen molar-refractivity contribution < 1.29 is 0 Å². The maximum absolute atomic E-state index is 6.35. The minimum Gasteiger partial charge on any atom is -0.343 e. The number of nitrogens with zero attached hydrogens (tertiary/aromatic N) is 1. The molecular formula is C16H21ClN2S. The molecule has 2 unspecified atom stereocenters. The Balaban J connectivity index is 2.00. The number of fused-ring (bicyclic) bond motifs is 1. The van der Waals surface area contributed by atoms with Crippen LogP contribution >= 0.6 is 22.9 Å². The third kappa shape index (κ3) is 2.43. The zero-order chi connectivity index (χ0) is 14.5. The van der Waals surface area contributed by atoms with Gasteiger partial charge in [0.1, 0.15) is 0 Å². The number of hydrogen-bond acceptors (Lipinski definition) is 2. The van der Waals surface area contributed by atoms with E-state index >= 15 is 0 Å². The van der Waals surface area contributed by atoms with Gasteiger partial charge >= 0.3 is 0 Å². The lowest BCUT2D eigenvalue weighted by Crippen LogP contribution is -2.30. The quantitative estimate of drug-likeness (QED) is 0.850. The summed E-state index contributed by atoms with van der Waals surface area (Å²) in [5, 5.41) is 0. The normalized spacial score (nSPS) is 22.6. The van der Waals surface area contributed by atoms with Crippen molar-refractivity contribution in [3.05, 3.63) is 44.9 Å². The molecule has 0 saturated carbocycles. The Hall–Kier alpha value is -0.770. The molecular weight excluding hydrogens is 288 g/mol. The molecule has 108 valence electrons. The van der Waals surface area contributed by atoms with Crippen LogP contribution in [0.3, 0.4) is 0 Å². The van der Waals surface area contributed by atoms with Crippen LogP contribution in [-0.4, -0.2) is 4.57 Å². The van der Waals surface area contributed by atoms with Crippen LogP contribution in [0, 0.1) is 5.41 Å². The van der Waals surface area contributed by atoms with Gasteiger partial charge in [0.25, 0.3) is 0 Å². The molecule has 4 heteroatoms. The maximum atomic E-state index is 6.35. The number of aromatic nitrogens is 1. The minimum absolute atomic E-state index is 0.161. The Morgan fingerprint density at radius 3 is 2.80 bits per heavy atom. The number of hydrogen-bond donors (Lipinski definition) is 1. The molecule has 1 aliphatic carbocycles. The van der Waals surface area contributed by atoms with E-state index in [1.54, 1.807) is 11.3 Å². The van der Waals surface area contributed by atoms with Gasteiger partial charge in [-0.05, 0) is 48.9 Å². The molecule has 2 aromatic rings. The Bertz CT molecular complexity index is 626. The summed E-state index contributed by atoms with van der Waals surface area (Å²) in [5.41, 5.74) is 9.33. The second kappa shape index (κ2) is 4.90. The molecule has 2 heterocycles. The van der Waals surface area contributed by atoms with Crippen molar-refractivity contribution in [2.45, 2.75) is 45.7 Å². The van der Waals surface area contributed by atoms with Crippen LogP contribution < -0.4 is 5.73 Å².